The molecule has 0 bridgehead atoms. The molecule has 0 saturated carbocycles. The minimum atomic E-state index is 0.0885. The minimum absolute atomic E-state index is 0.0885. The van der Waals surface area contributed by atoms with Crippen molar-refractivity contribution in [1.29, 1.82) is 0 Å². The number of furan rings is 1. The fourth-order valence-electron chi connectivity index (χ4n) is 2.50. The molecule has 20 heavy (non-hydrogen) atoms. The summed E-state index contributed by atoms with van der Waals surface area (Å²) in [6.07, 6.45) is 4.42. The third-order valence-corrected chi connectivity index (χ3v) is 4.31. The summed E-state index contributed by atoms with van der Waals surface area (Å²) in [5, 5.41) is 0. The molecule has 0 radical (unpaired) electrons. The van der Waals surface area contributed by atoms with Crippen molar-refractivity contribution in [2.45, 2.75) is 32.0 Å². The monoisotopic (exact) mass is 336 g/mol. The first kappa shape index (κ1) is 15.3. The summed E-state index contributed by atoms with van der Waals surface area (Å²) in [6, 6.07) is 10.5. The first-order valence-corrected chi connectivity index (χ1v) is 7.64. The van der Waals surface area contributed by atoms with E-state index in [-0.39, 0.29) is 12.1 Å². The average molecular weight is 337 g/mol. The molecule has 2 N–H and O–H groups in total. The molecule has 108 valence electrons. The van der Waals surface area contributed by atoms with Crippen molar-refractivity contribution in [1.82, 2.24) is 4.90 Å². The highest BCUT2D eigenvalue weighted by molar-refractivity contribution is 9.10. The Morgan fingerprint density at radius 3 is 2.65 bits per heavy atom. The first-order valence-electron chi connectivity index (χ1n) is 6.84. The van der Waals surface area contributed by atoms with E-state index in [1.165, 1.54) is 5.56 Å². The van der Waals surface area contributed by atoms with Crippen LogP contribution in [-0.2, 0) is 6.54 Å². The maximum atomic E-state index is 6.36. The van der Waals surface area contributed by atoms with Gasteiger partial charge in [-0.05, 0) is 31.2 Å². The van der Waals surface area contributed by atoms with Gasteiger partial charge in [-0.2, -0.15) is 0 Å². The van der Waals surface area contributed by atoms with E-state index in [1.807, 2.05) is 12.1 Å². The van der Waals surface area contributed by atoms with E-state index in [0.29, 0.717) is 0 Å². The normalized spacial score (nSPS) is 14.4. The summed E-state index contributed by atoms with van der Waals surface area (Å²) < 4.78 is 6.25. The van der Waals surface area contributed by atoms with Crippen LogP contribution in [0.5, 0.6) is 0 Å². The van der Waals surface area contributed by atoms with Gasteiger partial charge in [0.15, 0.2) is 0 Å². The lowest BCUT2D eigenvalue weighted by Crippen LogP contribution is -2.38. The van der Waals surface area contributed by atoms with Crippen molar-refractivity contribution < 1.29 is 4.42 Å². The lowest BCUT2D eigenvalue weighted by molar-refractivity contribution is 0.200. The van der Waals surface area contributed by atoms with Gasteiger partial charge in [0, 0.05) is 22.6 Å². The highest BCUT2D eigenvalue weighted by Crippen LogP contribution is 2.31. The minimum Gasteiger partial charge on any atom is -0.472 e. The van der Waals surface area contributed by atoms with E-state index in [1.54, 1.807) is 12.5 Å². The topological polar surface area (TPSA) is 42.4 Å². The Morgan fingerprint density at radius 1 is 1.30 bits per heavy atom. The summed E-state index contributed by atoms with van der Waals surface area (Å²) in [7, 11) is 2.10. The van der Waals surface area contributed by atoms with Crippen molar-refractivity contribution in [2.24, 2.45) is 5.73 Å². The predicted octanol–water partition coefficient (Wildman–Crippen LogP) is 3.95. The van der Waals surface area contributed by atoms with Gasteiger partial charge in [-0.1, -0.05) is 41.1 Å². The lowest BCUT2D eigenvalue weighted by atomic mass is 9.96. The zero-order valence-electron chi connectivity index (χ0n) is 11.9. The molecule has 0 saturated heterocycles. The van der Waals surface area contributed by atoms with Crippen LogP contribution in [0.1, 0.15) is 30.5 Å². The SMILES string of the molecule is CCC(N)C(c1ccccc1Br)N(C)Cc1ccoc1. The summed E-state index contributed by atoms with van der Waals surface area (Å²) in [5.41, 5.74) is 8.75. The molecule has 1 aromatic heterocycles. The molecule has 0 spiro atoms. The highest BCUT2D eigenvalue weighted by atomic mass is 79.9. The quantitative estimate of drug-likeness (QED) is 0.868. The third-order valence-electron chi connectivity index (χ3n) is 3.59. The second-order valence-corrected chi connectivity index (χ2v) is 5.94. The van der Waals surface area contributed by atoms with Crippen LogP contribution in [0.4, 0.5) is 0 Å². The van der Waals surface area contributed by atoms with Crippen LogP contribution in [0.25, 0.3) is 0 Å². The van der Waals surface area contributed by atoms with Gasteiger partial charge in [0.2, 0.25) is 0 Å². The van der Waals surface area contributed by atoms with Crippen molar-refractivity contribution >= 4 is 15.9 Å². The standard InChI is InChI=1S/C16H21BrN2O/c1-3-15(18)16(13-6-4-5-7-14(13)17)19(2)10-12-8-9-20-11-12/h4-9,11,15-16H,3,10,18H2,1-2H3. The van der Waals surface area contributed by atoms with E-state index in [4.69, 9.17) is 10.2 Å². The van der Waals surface area contributed by atoms with Crippen LogP contribution in [0.15, 0.2) is 51.7 Å². The summed E-state index contributed by atoms with van der Waals surface area (Å²) in [6.45, 7) is 2.94. The Hall–Kier alpha value is -1.10. The number of hydrogen-bond acceptors (Lipinski definition) is 3. The van der Waals surface area contributed by atoms with Crippen LogP contribution < -0.4 is 5.73 Å². The third kappa shape index (κ3) is 3.51. The molecule has 0 aliphatic rings. The molecule has 2 unspecified atom stereocenters. The smallest absolute Gasteiger partial charge is 0.0947 e. The van der Waals surface area contributed by atoms with Crippen molar-refractivity contribution in [2.75, 3.05) is 7.05 Å². The Morgan fingerprint density at radius 2 is 2.05 bits per heavy atom. The van der Waals surface area contributed by atoms with Crippen molar-refractivity contribution in [3.63, 3.8) is 0 Å². The van der Waals surface area contributed by atoms with Gasteiger partial charge in [-0.15, -0.1) is 0 Å². The van der Waals surface area contributed by atoms with Gasteiger partial charge in [0.1, 0.15) is 0 Å². The molecule has 2 atom stereocenters. The molecule has 0 fully saturated rings. The lowest BCUT2D eigenvalue weighted by Gasteiger charge is -2.33. The number of hydrogen-bond donors (Lipinski definition) is 1. The zero-order chi connectivity index (χ0) is 14.5. The largest absolute Gasteiger partial charge is 0.472 e. The maximum absolute atomic E-state index is 6.36. The Balaban J connectivity index is 2.25. The van der Waals surface area contributed by atoms with E-state index >= 15 is 0 Å². The Kier molecular flexibility index (Phi) is 5.40. The summed E-state index contributed by atoms with van der Waals surface area (Å²) in [5.74, 6) is 0. The number of nitrogens with two attached hydrogens (primary N) is 1. The fraction of sp³-hybridized carbons (Fsp3) is 0.375. The van der Waals surface area contributed by atoms with E-state index in [0.717, 1.165) is 23.0 Å². The number of halogens is 1. The van der Waals surface area contributed by atoms with Crippen molar-refractivity contribution in [3.05, 3.63) is 58.5 Å². The second kappa shape index (κ2) is 7.07. The van der Waals surface area contributed by atoms with Gasteiger partial charge >= 0.3 is 0 Å². The van der Waals surface area contributed by atoms with Crippen LogP contribution >= 0.6 is 15.9 Å². The number of benzene rings is 1. The predicted molar refractivity (Wildman–Crippen MR) is 85.3 cm³/mol. The van der Waals surface area contributed by atoms with E-state index < -0.39 is 0 Å². The molecular formula is C16H21BrN2O. The van der Waals surface area contributed by atoms with Crippen LogP contribution in [0.2, 0.25) is 0 Å². The molecule has 3 nitrogen and oxygen atoms in total. The fourth-order valence-corrected chi connectivity index (χ4v) is 3.02. The molecule has 1 heterocycles. The average Bonchev–Trinajstić information content (AvgIpc) is 2.93. The Labute approximate surface area is 128 Å². The van der Waals surface area contributed by atoms with Gasteiger partial charge in [-0.3, -0.25) is 4.90 Å². The molecule has 4 heteroatoms. The molecular weight excluding hydrogens is 316 g/mol. The first-order chi connectivity index (χ1) is 9.63. The summed E-state index contributed by atoms with van der Waals surface area (Å²) in [4.78, 5) is 2.28. The van der Waals surface area contributed by atoms with E-state index in [2.05, 4.69) is 53.0 Å². The molecule has 1 aromatic carbocycles. The Bertz CT molecular complexity index is 527. The summed E-state index contributed by atoms with van der Waals surface area (Å²) >= 11 is 3.64. The molecule has 0 aliphatic heterocycles. The van der Waals surface area contributed by atoms with Crippen LogP contribution in [0, 0.1) is 0 Å². The van der Waals surface area contributed by atoms with Gasteiger partial charge in [0.25, 0.3) is 0 Å². The molecule has 0 amide bonds. The molecule has 2 rings (SSSR count). The number of rotatable bonds is 6. The van der Waals surface area contributed by atoms with E-state index in [9.17, 15) is 0 Å². The van der Waals surface area contributed by atoms with Crippen LogP contribution in [-0.4, -0.2) is 18.0 Å². The molecule has 0 aliphatic carbocycles. The van der Waals surface area contributed by atoms with Gasteiger partial charge in [0.05, 0.1) is 18.6 Å². The van der Waals surface area contributed by atoms with Gasteiger partial charge < -0.3 is 10.2 Å². The number of likely N-dealkylation sites (N-methyl/N-ethyl adjacent to an activating group) is 1. The maximum Gasteiger partial charge on any atom is 0.0947 e. The number of nitrogens with zero attached hydrogens (tertiary/aromatic N) is 1. The van der Waals surface area contributed by atoms with Crippen LogP contribution in [0.3, 0.4) is 0 Å². The van der Waals surface area contributed by atoms with Gasteiger partial charge in [-0.25, -0.2) is 0 Å². The zero-order valence-corrected chi connectivity index (χ0v) is 13.5. The highest BCUT2D eigenvalue weighted by Gasteiger charge is 2.25. The van der Waals surface area contributed by atoms with Crippen molar-refractivity contribution in [3.8, 4) is 0 Å². The second-order valence-electron chi connectivity index (χ2n) is 5.09. The molecule has 2 aromatic rings.